The number of nitrogens with zero attached hydrogens (tertiary/aromatic N) is 1. The molecule has 1 aromatic heterocycles. The molecule has 37 heavy (non-hydrogen) atoms. The molecule has 0 spiro atoms. The first-order valence-electron chi connectivity index (χ1n) is 14.4. The lowest BCUT2D eigenvalue weighted by atomic mass is 9.84. The van der Waals surface area contributed by atoms with E-state index in [9.17, 15) is 14.7 Å². The summed E-state index contributed by atoms with van der Waals surface area (Å²) in [5.41, 5.74) is 1.37. The number of aliphatic hydroxyl groups excluding tert-OH is 1. The van der Waals surface area contributed by atoms with Crippen molar-refractivity contribution in [1.29, 1.82) is 0 Å². The van der Waals surface area contributed by atoms with Gasteiger partial charge in [-0.2, -0.15) is 0 Å². The van der Waals surface area contributed by atoms with Crippen molar-refractivity contribution in [3.63, 3.8) is 0 Å². The molecular formula is C32H44N2O3. The van der Waals surface area contributed by atoms with Crippen LogP contribution in [0.25, 0.3) is 5.76 Å². The van der Waals surface area contributed by atoms with Gasteiger partial charge >= 0.3 is 0 Å². The summed E-state index contributed by atoms with van der Waals surface area (Å²) in [5.74, 6) is -1.38. The zero-order valence-electron chi connectivity index (χ0n) is 22.5. The first-order chi connectivity index (χ1) is 18.1. The second-order valence-corrected chi connectivity index (χ2v) is 10.2. The molecule has 0 amide bonds. The molecule has 1 heterocycles. The first-order valence-corrected chi connectivity index (χ1v) is 14.4. The number of carbonyl (C=O) groups excluding carboxylic acids is 2. The first kappa shape index (κ1) is 28.8. The van der Waals surface area contributed by atoms with E-state index in [0.29, 0.717) is 17.8 Å². The summed E-state index contributed by atoms with van der Waals surface area (Å²) >= 11 is 0. The third-order valence-corrected chi connectivity index (χ3v) is 7.28. The summed E-state index contributed by atoms with van der Waals surface area (Å²) in [6.07, 6.45) is 19.8. The molecule has 2 aromatic rings. The summed E-state index contributed by atoms with van der Waals surface area (Å²) in [7, 11) is 0. The van der Waals surface area contributed by atoms with E-state index in [-0.39, 0.29) is 16.9 Å². The van der Waals surface area contributed by atoms with Crippen LogP contribution in [0.3, 0.4) is 0 Å². The molecular weight excluding hydrogens is 460 g/mol. The minimum absolute atomic E-state index is 0.0905. The lowest BCUT2D eigenvalue weighted by Crippen LogP contribution is -2.34. The normalized spacial score (nSPS) is 14.2. The number of pyridine rings is 1. The number of aliphatic hydroxyl groups is 1. The Morgan fingerprint density at radius 2 is 1.24 bits per heavy atom. The molecule has 200 valence electrons. The van der Waals surface area contributed by atoms with Gasteiger partial charge in [-0.25, -0.2) is 0 Å². The van der Waals surface area contributed by atoms with Crippen molar-refractivity contribution in [1.82, 2.24) is 10.3 Å². The Morgan fingerprint density at radius 3 is 1.81 bits per heavy atom. The van der Waals surface area contributed by atoms with Crippen LogP contribution in [-0.2, 0) is 4.79 Å². The van der Waals surface area contributed by atoms with E-state index < -0.39 is 17.6 Å². The van der Waals surface area contributed by atoms with Crippen molar-refractivity contribution in [3.05, 3.63) is 71.1 Å². The highest BCUT2D eigenvalue weighted by Gasteiger charge is 2.37. The zero-order chi connectivity index (χ0) is 26.3. The predicted octanol–water partition coefficient (Wildman–Crippen LogP) is 7.93. The van der Waals surface area contributed by atoms with Crippen LogP contribution in [0.2, 0.25) is 0 Å². The summed E-state index contributed by atoms with van der Waals surface area (Å²) in [6.45, 7) is 2.94. The van der Waals surface area contributed by atoms with Gasteiger partial charge in [-0.3, -0.25) is 14.6 Å². The van der Waals surface area contributed by atoms with Crippen LogP contribution in [0.1, 0.15) is 124 Å². The predicted molar refractivity (Wildman–Crippen MR) is 151 cm³/mol. The maximum Gasteiger partial charge on any atom is 0.235 e. The van der Waals surface area contributed by atoms with Crippen LogP contribution in [0.5, 0.6) is 0 Å². The van der Waals surface area contributed by atoms with E-state index in [1.54, 1.807) is 30.5 Å². The average molecular weight is 505 g/mol. The van der Waals surface area contributed by atoms with Gasteiger partial charge in [-0.15, -0.1) is 0 Å². The highest BCUT2D eigenvalue weighted by Crippen LogP contribution is 2.34. The van der Waals surface area contributed by atoms with Crippen LogP contribution in [0.4, 0.5) is 0 Å². The number of Topliss-reactive ketones (excluding diaryl/α,β-unsaturated/α-hetero) is 2. The lowest BCUT2D eigenvalue weighted by Gasteiger charge is -2.25. The van der Waals surface area contributed by atoms with Gasteiger partial charge < -0.3 is 10.4 Å². The summed E-state index contributed by atoms with van der Waals surface area (Å²) in [4.78, 5) is 30.2. The van der Waals surface area contributed by atoms with Gasteiger partial charge in [0.15, 0.2) is 0 Å². The Balaban J connectivity index is 1.43. The van der Waals surface area contributed by atoms with Gasteiger partial charge in [0.05, 0.1) is 17.3 Å². The molecule has 5 heteroatoms. The Kier molecular flexibility index (Phi) is 12.5. The Hall–Kier alpha value is -2.79. The van der Waals surface area contributed by atoms with Crippen molar-refractivity contribution in [2.75, 3.05) is 6.54 Å². The third-order valence-electron chi connectivity index (χ3n) is 7.28. The fraction of sp³-hybridized carbons (Fsp3) is 0.531. The van der Waals surface area contributed by atoms with E-state index in [1.165, 1.54) is 77.0 Å². The van der Waals surface area contributed by atoms with Gasteiger partial charge in [-0.05, 0) is 25.1 Å². The SMILES string of the molecule is CCCCCCCCCCCCCCCCNC(C1=C(O)c2ccccc2C(=O)C1=O)c1ccccn1. The molecule has 1 unspecified atom stereocenters. The Morgan fingerprint density at radius 1 is 0.703 bits per heavy atom. The van der Waals surface area contributed by atoms with Crippen LogP contribution >= 0.6 is 0 Å². The molecule has 0 saturated carbocycles. The van der Waals surface area contributed by atoms with Crippen molar-refractivity contribution < 1.29 is 14.7 Å². The van der Waals surface area contributed by atoms with Gasteiger partial charge in [-0.1, -0.05) is 121 Å². The Labute approximate surface area is 222 Å². The lowest BCUT2D eigenvalue weighted by molar-refractivity contribution is -0.112. The molecule has 1 aliphatic rings. The smallest absolute Gasteiger partial charge is 0.235 e. The minimum atomic E-state index is -0.666. The van der Waals surface area contributed by atoms with Crippen LogP contribution in [0.15, 0.2) is 54.2 Å². The second-order valence-electron chi connectivity index (χ2n) is 10.2. The Bertz CT molecular complexity index is 1020. The quantitative estimate of drug-likeness (QED) is 0.159. The third kappa shape index (κ3) is 8.63. The molecule has 1 aliphatic carbocycles. The zero-order valence-corrected chi connectivity index (χ0v) is 22.5. The van der Waals surface area contributed by atoms with Crippen molar-refractivity contribution in [3.8, 4) is 0 Å². The summed E-state index contributed by atoms with van der Waals surface area (Å²) < 4.78 is 0. The van der Waals surface area contributed by atoms with Gasteiger partial charge in [0, 0.05) is 17.3 Å². The van der Waals surface area contributed by atoms with Crippen molar-refractivity contribution >= 4 is 17.3 Å². The standard InChI is InChI=1S/C32H44N2O3/c1-2-3-4-5-6-7-8-9-10-11-12-13-14-18-24-34-29(27-22-17-19-23-33-27)28-30(35)25-20-15-16-21-26(25)31(36)32(28)37/h15-17,19-23,29,34-35H,2-14,18,24H2,1H3. The van der Waals surface area contributed by atoms with E-state index in [2.05, 4.69) is 17.2 Å². The number of aromatic nitrogens is 1. The number of carbonyl (C=O) groups is 2. The largest absolute Gasteiger partial charge is 0.507 e. The number of ketones is 2. The van der Waals surface area contributed by atoms with Crippen LogP contribution < -0.4 is 5.32 Å². The highest BCUT2D eigenvalue weighted by atomic mass is 16.3. The van der Waals surface area contributed by atoms with Gasteiger partial charge in [0.25, 0.3) is 0 Å². The van der Waals surface area contributed by atoms with Gasteiger partial charge in [0.1, 0.15) is 5.76 Å². The molecule has 3 rings (SSSR count). The summed E-state index contributed by atoms with van der Waals surface area (Å²) in [5, 5.41) is 14.4. The number of benzene rings is 1. The van der Waals surface area contributed by atoms with Crippen LogP contribution in [-0.4, -0.2) is 28.2 Å². The number of unbranched alkanes of at least 4 members (excludes halogenated alkanes) is 13. The molecule has 1 aromatic carbocycles. The number of rotatable bonds is 18. The molecule has 0 aliphatic heterocycles. The fourth-order valence-electron chi connectivity index (χ4n) is 5.12. The number of hydrogen-bond acceptors (Lipinski definition) is 5. The molecule has 0 bridgehead atoms. The van der Waals surface area contributed by atoms with Crippen LogP contribution in [0, 0.1) is 0 Å². The molecule has 0 saturated heterocycles. The molecule has 2 N–H and O–H groups in total. The maximum absolute atomic E-state index is 13.0. The topological polar surface area (TPSA) is 79.3 Å². The number of nitrogens with one attached hydrogen (secondary N) is 1. The van der Waals surface area contributed by atoms with Gasteiger partial charge in [0.2, 0.25) is 11.6 Å². The van der Waals surface area contributed by atoms with E-state index in [0.717, 1.165) is 12.8 Å². The van der Waals surface area contributed by atoms with E-state index in [1.807, 2.05) is 18.2 Å². The van der Waals surface area contributed by atoms with E-state index in [4.69, 9.17) is 0 Å². The fourth-order valence-corrected chi connectivity index (χ4v) is 5.12. The maximum atomic E-state index is 13.0. The molecule has 0 fully saturated rings. The molecule has 5 nitrogen and oxygen atoms in total. The van der Waals surface area contributed by atoms with E-state index >= 15 is 0 Å². The minimum Gasteiger partial charge on any atom is -0.507 e. The van der Waals surface area contributed by atoms with Crippen molar-refractivity contribution in [2.45, 2.75) is 103 Å². The molecule has 0 radical (unpaired) electrons. The number of fused-ring (bicyclic) bond motifs is 1. The number of hydrogen-bond donors (Lipinski definition) is 2. The average Bonchev–Trinajstić information content (AvgIpc) is 2.93. The highest BCUT2D eigenvalue weighted by molar-refractivity contribution is 6.52. The van der Waals surface area contributed by atoms with Crippen molar-refractivity contribution in [2.24, 2.45) is 0 Å². The molecule has 1 atom stereocenters. The second kappa shape index (κ2) is 16.1. The monoisotopic (exact) mass is 504 g/mol. The summed E-state index contributed by atoms with van der Waals surface area (Å²) in [6, 6.07) is 11.6.